The molecule has 0 N–H and O–H groups in total. The van der Waals surface area contributed by atoms with E-state index in [0.29, 0.717) is 0 Å². The van der Waals surface area contributed by atoms with E-state index in [2.05, 4.69) is 40.4 Å². The van der Waals surface area contributed by atoms with Gasteiger partial charge in [-0.15, -0.1) is 13.2 Å². The fourth-order valence-electron chi connectivity index (χ4n) is 2.30. The maximum atomic E-state index is 4.50. The molecule has 0 unspecified atom stereocenters. The van der Waals surface area contributed by atoms with Crippen LogP contribution in [0.3, 0.4) is 0 Å². The van der Waals surface area contributed by atoms with E-state index >= 15 is 0 Å². The summed E-state index contributed by atoms with van der Waals surface area (Å²) < 4.78 is 1.92. The van der Waals surface area contributed by atoms with Crippen LogP contribution in [-0.2, 0) is 19.6 Å². The minimum absolute atomic E-state index is 0.741. The molecule has 0 saturated carbocycles. The molecule has 110 valence electrons. The largest absolute Gasteiger partial charge is 0.291 e. The second kappa shape index (κ2) is 7.55. The van der Waals surface area contributed by atoms with E-state index in [9.17, 15) is 0 Å². The summed E-state index contributed by atoms with van der Waals surface area (Å²) in [5.41, 5.74) is 3.51. The quantitative estimate of drug-likeness (QED) is 0.698. The average molecular weight is 282 g/mol. The maximum Gasteiger partial charge on any atom is 0.0638 e. The Bertz CT molecular complexity index is 586. The molecule has 2 aromatic heterocycles. The Hall–Kier alpha value is -2.20. The predicted molar refractivity (Wildman–Crippen MR) is 85.7 cm³/mol. The number of aryl methyl sites for hydroxylation is 1. The first kappa shape index (κ1) is 15.2. The Morgan fingerprint density at radius 1 is 1.29 bits per heavy atom. The zero-order chi connectivity index (χ0) is 15.1. The molecule has 4 nitrogen and oxygen atoms in total. The summed E-state index contributed by atoms with van der Waals surface area (Å²) in [6.07, 6.45) is 9.58. The molecule has 0 aliphatic carbocycles. The van der Waals surface area contributed by atoms with Gasteiger partial charge in [-0.3, -0.25) is 14.6 Å². The van der Waals surface area contributed by atoms with Gasteiger partial charge in [0.25, 0.3) is 0 Å². The molecule has 2 aromatic rings. The summed E-state index contributed by atoms with van der Waals surface area (Å²) in [4.78, 5) is 6.50. The number of hydrogen-bond acceptors (Lipinski definition) is 3. The summed E-state index contributed by atoms with van der Waals surface area (Å²) >= 11 is 0. The highest BCUT2D eigenvalue weighted by molar-refractivity contribution is 5.16. The van der Waals surface area contributed by atoms with Crippen molar-refractivity contribution >= 4 is 0 Å². The normalized spacial score (nSPS) is 10.8. The lowest BCUT2D eigenvalue weighted by molar-refractivity contribution is 0.285. The summed E-state index contributed by atoms with van der Waals surface area (Å²) in [6, 6.07) is 4.06. The fraction of sp³-hybridized carbons (Fsp3) is 0.294. The van der Waals surface area contributed by atoms with Crippen LogP contribution in [0.25, 0.3) is 0 Å². The molecule has 0 atom stereocenters. The molecule has 0 fully saturated rings. The van der Waals surface area contributed by atoms with Gasteiger partial charge in [0.05, 0.1) is 12.2 Å². The van der Waals surface area contributed by atoms with E-state index in [1.807, 2.05) is 36.0 Å². The Morgan fingerprint density at radius 2 is 2.14 bits per heavy atom. The summed E-state index contributed by atoms with van der Waals surface area (Å²) in [6.45, 7) is 12.9. The summed E-state index contributed by atoms with van der Waals surface area (Å²) in [5, 5.41) is 4.50. The van der Waals surface area contributed by atoms with Crippen molar-refractivity contribution in [2.75, 3.05) is 6.54 Å². The van der Waals surface area contributed by atoms with E-state index in [1.165, 1.54) is 11.1 Å². The molecule has 21 heavy (non-hydrogen) atoms. The monoisotopic (exact) mass is 282 g/mol. The van der Waals surface area contributed by atoms with Crippen molar-refractivity contribution in [3.63, 3.8) is 0 Å². The highest BCUT2D eigenvalue weighted by atomic mass is 15.3. The van der Waals surface area contributed by atoms with E-state index in [0.717, 1.165) is 31.9 Å². The van der Waals surface area contributed by atoms with Crippen LogP contribution in [0.4, 0.5) is 0 Å². The average Bonchev–Trinajstić information content (AvgIpc) is 2.81. The van der Waals surface area contributed by atoms with Gasteiger partial charge >= 0.3 is 0 Å². The van der Waals surface area contributed by atoms with Crippen LogP contribution >= 0.6 is 0 Å². The van der Waals surface area contributed by atoms with Crippen molar-refractivity contribution in [2.45, 2.75) is 26.6 Å². The smallest absolute Gasteiger partial charge is 0.0638 e. The van der Waals surface area contributed by atoms with Crippen LogP contribution in [0, 0.1) is 6.92 Å². The maximum absolute atomic E-state index is 4.50. The first-order chi connectivity index (χ1) is 10.2. The Kier molecular flexibility index (Phi) is 5.46. The van der Waals surface area contributed by atoms with E-state index < -0.39 is 0 Å². The predicted octanol–water partition coefficient (Wildman–Crippen LogP) is 2.96. The molecule has 0 aliphatic heterocycles. The lowest BCUT2D eigenvalue weighted by Gasteiger charge is -2.20. The molecule has 0 aliphatic rings. The van der Waals surface area contributed by atoms with Gasteiger partial charge in [0.1, 0.15) is 0 Å². The van der Waals surface area contributed by atoms with Crippen molar-refractivity contribution in [3.05, 3.63) is 72.9 Å². The van der Waals surface area contributed by atoms with Gasteiger partial charge in [-0.25, -0.2) is 0 Å². The van der Waals surface area contributed by atoms with Gasteiger partial charge < -0.3 is 0 Å². The molecular weight excluding hydrogens is 260 g/mol. The molecule has 0 radical (unpaired) electrons. The van der Waals surface area contributed by atoms with Gasteiger partial charge in [-0.05, 0) is 18.6 Å². The van der Waals surface area contributed by atoms with Crippen LogP contribution in [0.5, 0.6) is 0 Å². The van der Waals surface area contributed by atoms with Gasteiger partial charge in [-0.2, -0.15) is 5.10 Å². The number of rotatable bonds is 8. The van der Waals surface area contributed by atoms with Gasteiger partial charge in [0, 0.05) is 43.8 Å². The van der Waals surface area contributed by atoms with Crippen molar-refractivity contribution in [3.8, 4) is 0 Å². The van der Waals surface area contributed by atoms with Gasteiger partial charge in [-0.1, -0.05) is 18.2 Å². The van der Waals surface area contributed by atoms with Crippen molar-refractivity contribution in [1.82, 2.24) is 19.7 Å². The number of nitrogens with zero attached hydrogens (tertiary/aromatic N) is 4. The standard InChI is InChI=1S/C17H22N4/c1-4-9-20(12-16-7-6-8-18-11-16)13-17-14-21(10-5-2)19-15(17)3/h4-8,11,14H,1-2,9-10,12-13H2,3H3. The SMILES string of the molecule is C=CCN(Cc1cccnc1)Cc1cn(CC=C)nc1C. The molecule has 0 bridgehead atoms. The van der Waals surface area contributed by atoms with E-state index in [-0.39, 0.29) is 0 Å². The second-order valence-corrected chi connectivity index (χ2v) is 5.07. The lowest BCUT2D eigenvalue weighted by atomic mass is 10.2. The molecule has 0 aromatic carbocycles. The molecule has 0 amide bonds. The Morgan fingerprint density at radius 3 is 2.81 bits per heavy atom. The van der Waals surface area contributed by atoms with Crippen LogP contribution in [-0.4, -0.2) is 26.2 Å². The highest BCUT2D eigenvalue weighted by Crippen LogP contribution is 2.12. The molecule has 4 heteroatoms. The first-order valence-electron chi connectivity index (χ1n) is 7.09. The molecule has 2 heterocycles. The van der Waals surface area contributed by atoms with Crippen LogP contribution in [0.2, 0.25) is 0 Å². The van der Waals surface area contributed by atoms with Gasteiger partial charge in [0.2, 0.25) is 0 Å². The Balaban J connectivity index is 2.08. The van der Waals surface area contributed by atoms with E-state index in [1.54, 1.807) is 6.20 Å². The molecular formula is C17H22N4. The zero-order valence-corrected chi connectivity index (χ0v) is 12.6. The highest BCUT2D eigenvalue weighted by Gasteiger charge is 2.10. The van der Waals surface area contributed by atoms with Crippen molar-refractivity contribution in [1.29, 1.82) is 0 Å². The second-order valence-electron chi connectivity index (χ2n) is 5.07. The summed E-state index contributed by atoms with van der Waals surface area (Å²) in [5.74, 6) is 0. The van der Waals surface area contributed by atoms with Crippen LogP contribution in [0.1, 0.15) is 16.8 Å². The zero-order valence-electron chi connectivity index (χ0n) is 12.6. The fourth-order valence-corrected chi connectivity index (χ4v) is 2.30. The topological polar surface area (TPSA) is 34.0 Å². The third kappa shape index (κ3) is 4.39. The van der Waals surface area contributed by atoms with Crippen LogP contribution < -0.4 is 0 Å². The molecule has 0 spiro atoms. The third-order valence-corrected chi connectivity index (χ3v) is 3.27. The summed E-state index contributed by atoms with van der Waals surface area (Å²) in [7, 11) is 0. The lowest BCUT2D eigenvalue weighted by Crippen LogP contribution is -2.23. The number of allylic oxidation sites excluding steroid dienone is 1. The van der Waals surface area contributed by atoms with Crippen molar-refractivity contribution < 1.29 is 0 Å². The Labute approximate surface area is 126 Å². The number of hydrogen-bond donors (Lipinski definition) is 0. The minimum atomic E-state index is 0.741. The van der Waals surface area contributed by atoms with E-state index in [4.69, 9.17) is 0 Å². The molecule has 0 saturated heterocycles. The molecule has 2 rings (SSSR count). The minimum Gasteiger partial charge on any atom is -0.291 e. The van der Waals surface area contributed by atoms with Crippen LogP contribution in [0.15, 0.2) is 56.0 Å². The van der Waals surface area contributed by atoms with Gasteiger partial charge in [0.15, 0.2) is 0 Å². The third-order valence-electron chi connectivity index (χ3n) is 3.27. The van der Waals surface area contributed by atoms with Crippen molar-refractivity contribution in [2.24, 2.45) is 0 Å². The number of aromatic nitrogens is 3. The number of pyridine rings is 1. The first-order valence-corrected chi connectivity index (χ1v) is 7.09.